The number of nitrogen functional groups attached to an aromatic ring is 2. The summed E-state index contributed by atoms with van der Waals surface area (Å²) >= 11 is 0. The zero-order chi connectivity index (χ0) is 26.4. The van der Waals surface area contributed by atoms with Gasteiger partial charge in [0.05, 0.1) is 34.4 Å². The minimum atomic E-state index is -3.74. The molecular weight excluding hydrogens is 492 g/mol. The molecule has 0 aliphatic carbocycles. The molecular formula is C28H28N2O6S. The van der Waals surface area contributed by atoms with Crippen LogP contribution >= 0.6 is 0 Å². The number of anilines is 2. The van der Waals surface area contributed by atoms with Crippen molar-refractivity contribution in [2.75, 3.05) is 24.7 Å². The van der Waals surface area contributed by atoms with E-state index in [4.69, 9.17) is 30.4 Å². The van der Waals surface area contributed by atoms with Gasteiger partial charge in [0.25, 0.3) is 0 Å². The number of nitrogens with two attached hydrogens (primary N) is 2. The van der Waals surface area contributed by atoms with E-state index in [1.807, 2.05) is 13.8 Å². The summed E-state index contributed by atoms with van der Waals surface area (Å²) in [6.45, 7) is 4.68. The highest BCUT2D eigenvalue weighted by Gasteiger charge is 2.18. The number of rotatable bonds is 10. The number of ether oxygens (including phenoxy) is 4. The summed E-state index contributed by atoms with van der Waals surface area (Å²) in [5.41, 5.74) is 12.8. The Balaban J connectivity index is 1.46. The maximum atomic E-state index is 13.1. The van der Waals surface area contributed by atoms with Crippen molar-refractivity contribution in [1.29, 1.82) is 0 Å². The molecule has 0 aliphatic heterocycles. The smallest absolute Gasteiger partial charge is 0.206 e. The first-order valence-corrected chi connectivity index (χ1v) is 13.1. The molecule has 4 aromatic rings. The van der Waals surface area contributed by atoms with Crippen molar-refractivity contribution in [2.45, 2.75) is 23.6 Å². The van der Waals surface area contributed by atoms with Crippen LogP contribution in [-0.4, -0.2) is 21.6 Å². The van der Waals surface area contributed by atoms with Crippen molar-refractivity contribution < 1.29 is 27.4 Å². The Kier molecular flexibility index (Phi) is 7.74. The first-order chi connectivity index (χ1) is 17.8. The zero-order valence-corrected chi connectivity index (χ0v) is 21.3. The van der Waals surface area contributed by atoms with Crippen LogP contribution in [0.4, 0.5) is 11.4 Å². The number of benzene rings is 4. The van der Waals surface area contributed by atoms with Crippen molar-refractivity contribution in [3.8, 4) is 34.5 Å². The summed E-state index contributed by atoms with van der Waals surface area (Å²) in [6, 6.07) is 22.6. The van der Waals surface area contributed by atoms with Gasteiger partial charge in [-0.05, 0) is 86.6 Å². The molecule has 0 bridgehead atoms. The van der Waals surface area contributed by atoms with Crippen molar-refractivity contribution in [3.63, 3.8) is 0 Å². The molecule has 0 unspecified atom stereocenters. The highest BCUT2D eigenvalue weighted by Crippen LogP contribution is 2.33. The second-order valence-corrected chi connectivity index (χ2v) is 9.87. The van der Waals surface area contributed by atoms with Crippen LogP contribution in [0.25, 0.3) is 0 Å². The van der Waals surface area contributed by atoms with E-state index in [9.17, 15) is 8.42 Å². The van der Waals surface area contributed by atoms with Crippen LogP contribution in [0.15, 0.2) is 94.7 Å². The number of hydrogen-bond donors (Lipinski definition) is 2. The van der Waals surface area contributed by atoms with Crippen LogP contribution in [0.5, 0.6) is 34.5 Å². The summed E-state index contributed by atoms with van der Waals surface area (Å²) in [5.74, 6) is 3.06. The fraction of sp³-hybridized carbons (Fsp3) is 0.143. The standard InChI is InChI=1S/C28H28N2O6S/c1-3-33-27-17-21(9-15-25(27)29)35-19-5-11-23(12-6-19)37(31,32)24-13-7-20(8-14-24)36-22-10-16-26(30)28(18-22)34-4-2/h5-18H,3-4,29-30H2,1-2H3. The van der Waals surface area contributed by atoms with E-state index in [0.717, 1.165) is 0 Å². The molecule has 9 heteroatoms. The minimum absolute atomic E-state index is 0.140. The van der Waals surface area contributed by atoms with Gasteiger partial charge in [0.15, 0.2) is 0 Å². The van der Waals surface area contributed by atoms with Crippen molar-refractivity contribution >= 4 is 21.2 Å². The van der Waals surface area contributed by atoms with Gasteiger partial charge in [-0.1, -0.05) is 0 Å². The molecule has 0 saturated carbocycles. The fourth-order valence-electron chi connectivity index (χ4n) is 3.50. The molecule has 0 spiro atoms. The Morgan fingerprint density at radius 2 is 0.919 bits per heavy atom. The van der Waals surface area contributed by atoms with Gasteiger partial charge in [0.2, 0.25) is 9.84 Å². The number of sulfone groups is 1. The van der Waals surface area contributed by atoms with E-state index in [-0.39, 0.29) is 9.79 Å². The monoisotopic (exact) mass is 520 g/mol. The molecule has 0 amide bonds. The van der Waals surface area contributed by atoms with E-state index in [0.29, 0.717) is 59.1 Å². The quantitative estimate of drug-likeness (QED) is 0.242. The van der Waals surface area contributed by atoms with Crippen LogP contribution in [0, 0.1) is 0 Å². The lowest BCUT2D eigenvalue weighted by Gasteiger charge is -2.12. The van der Waals surface area contributed by atoms with Crippen LogP contribution in [-0.2, 0) is 9.84 Å². The molecule has 4 rings (SSSR count). The van der Waals surface area contributed by atoms with Gasteiger partial charge < -0.3 is 30.4 Å². The number of hydrogen-bond acceptors (Lipinski definition) is 8. The molecule has 0 heterocycles. The van der Waals surface area contributed by atoms with Gasteiger partial charge >= 0.3 is 0 Å². The van der Waals surface area contributed by atoms with Crippen LogP contribution in [0.2, 0.25) is 0 Å². The second-order valence-electron chi connectivity index (χ2n) is 7.92. The fourth-order valence-corrected chi connectivity index (χ4v) is 4.76. The second kappa shape index (κ2) is 11.1. The molecule has 8 nitrogen and oxygen atoms in total. The Bertz CT molecular complexity index is 1360. The Morgan fingerprint density at radius 1 is 0.568 bits per heavy atom. The molecule has 4 N–H and O–H groups in total. The van der Waals surface area contributed by atoms with Crippen molar-refractivity contribution in [1.82, 2.24) is 0 Å². The van der Waals surface area contributed by atoms with Crippen LogP contribution < -0.4 is 30.4 Å². The zero-order valence-electron chi connectivity index (χ0n) is 20.5. The third-order valence-electron chi connectivity index (χ3n) is 5.31. The molecule has 0 aromatic heterocycles. The molecule has 0 atom stereocenters. The average Bonchev–Trinajstić information content (AvgIpc) is 2.89. The van der Waals surface area contributed by atoms with Crippen LogP contribution in [0.3, 0.4) is 0 Å². The minimum Gasteiger partial charge on any atom is -0.492 e. The van der Waals surface area contributed by atoms with Gasteiger partial charge in [-0.15, -0.1) is 0 Å². The summed E-state index contributed by atoms with van der Waals surface area (Å²) in [4.78, 5) is 0.279. The van der Waals surface area contributed by atoms with Gasteiger partial charge in [-0.25, -0.2) is 8.42 Å². The maximum Gasteiger partial charge on any atom is 0.206 e. The van der Waals surface area contributed by atoms with E-state index < -0.39 is 9.84 Å². The van der Waals surface area contributed by atoms with E-state index >= 15 is 0 Å². The Hall–Kier alpha value is -4.37. The predicted octanol–water partition coefficient (Wildman–Crippen LogP) is 6.07. The average molecular weight is 521 g/mol. The van der Waals surface area contributed by atoms with Crippen LogP contribution in [0.1, 0.15) is 13.8 Å². The molecule has 0 radical (unpaired) electrons. The summed E-state index contributed by atoms with van der Waals surface area (Å²) in [6.07, 6.45) is 0. The lowest BCUT2D eigenvalue weighted by Crippen LogP contribution is -2.02. The van der Waals surface area contributed by atoms with Crippen molar-refractivity contribution in [2.24, 2.45) is 0 Å². The molecule has 0 saturated heterocycles. The SMILES string of the molecule is CCOc1cc(Oc2ccc(S(=O)(=O)c3ccc(Oc4ccc(N)c(OCC)c4)cc3)cc2)ccc1N. The molecule has 0 aliphatic rings. The Labute approximate surface area is 216 Å². The summed E-state index contributed by atoms with van der Waals surface area (Å²) in [5, 5.41) is 0. The third-order valence-corrected chi connectivity index (χ3v) is 7.09. The van der Waals surface area contributed by atoms with E-state index in [2.05, 4.69) is 0 Å². The normalized spacial score (nSPS) is 11.1. The predicted molar refractivity (Wildman–Crippen MR) is 143 cm³/mol. The molecule has 192 valence electrons. The maximum absolute atomic E-state index is 13.1. The van der Waals surface area contributed by atoms with Crippen molar-refractivity contribution in [3.05, 3.63) is 84.9 Å². The van der Waals surface area contributed by atoms with E-state index in [1.165, 1.54) is 24.3 Å². The van der Waals surface area contributed by atoms with Gasteiger partial charge in [0.1, 0.15) is 34.5 Å². The largest absolute Gasteiger partial charge is 0.492 e. The molecule has 4 aromatic carbocycles. The Morgan fingerprint density at radius 3 is 1.27 bits per heavy atom. The first kappa shape index (κ1) is 25.7. The van der Waals surface area contributed by atoms with Gasteiger partial charge in [-0.3, -0.25) is 0 Å². The highest BCUT2D eigenvalue weighted by molar-refractivity contribution is 7.91. The third kappa shape index (κ3) is 6.07. The lowest BCUT2D eigenvalue weighted by molar-refractivity contribution is 0.340. The van der Waals surface area contributed by atoms with Gasteiger partial charge in [0, 0.05) is 12.1 Å². The highest BCUT2D eigenvalue weighted by atomic mass is 32.2. The molecule has 37 heavy (non-hydrogen) atoms. The summed E-state index contributed by atoms with van der Waals surface area (Å²) in [7, 11) is -3.74. The molecule has 0 fully saturated rings. The van der Waals surface area contributed by atoms with Gasteiger partial charge in [-0.2, -0.15) is 0 Å². The summed E-state index contributed by atoms with van der Waals surface area (Å²) < 4.78 is 48.9. The lowest BCUT2D eigenvalue weighted by atomic mass is 10.2. The topological polar surface area (TPSA) is 123 Å². The first-order valence-electron chi connectivity index (χ1n) is 11.7. The van der Waals surface area contributed by atoms with E-state index in [1.54, 1.807) is 60.7 Å².